The number of Topliss-reactive ketones (excluding diaryl/α,β-unsaturated/α-hetero) is 1. The van der Waals surface area contributed by atoms with E-state index in [0.717, 1.165) is 10.1 Å². The Morgan fingerprint density at radius 2 is 1.80 bits per heavy atom. The van der Waals surface area contributed by atoms with Crippen molar-refractivity contribution in [2.24, 2.45) is 5.41 Å². The molecule has 2 heterocycles. The highest BCUT2D eigenvalue weighted by Gasteiger charge is 2.24. The maximum atomic E-state index is 13.2. The summed E-state index contributed by atoms with van der Waals surface area (Å²) in [5, 5.41) is 0. The van der Waals surface area contributed by atoms with Gasteiger partial charge in [-0.2, -0.15) is 0 Å². The number of aromatic nitrogens is 4. The molecule has 0 aliphatic rings. The van der Waals surface area contributed by atoms with E-state index in [4.69, 9.17) is 0 Å². The molecule has 0 amide bonds. The van der Waals surface area contributed by atoms with Crippen LogP contribution in [0.15, 0.2) is 52.8 Å². The molecule has 158 valence electrons. The number of carbonyl (C=O) groups excluding carboxylic acids is 1. The molecule has 0 aliphatic carbocycles. The number of hydrogen-bond acceptors (Lipinski definition) is 4. The molecule has 7 nitrogen and oxygen atoms in total. The molecule has 3 rings (SSSR count). The van der Waals surface area contributed by atoms with Gasteiger partial charge in [0, 0.05) is 12.0 Å². The van der Waals surface area contributed by atoms with E-state index in [9.17, 15) is 14.4 Å². The number of imidazole rings is 1. The van der Waals surface area contributed by atoms with Gasteiger partial charge in [0.2, 0.25) is 0 Å². The molecule has 0 aliphatic heterocycles. The quantitative estimate of drug-likeness (QED) is 0.587. The largest absolute Gasteiger partial charge is 0.337 e. The monoisotopic (exact) mass is 408 g/mol. The van der Waals surface area contributed by atoms with Crippen molar-refractivity contribution in [1.82, 2.24) is 18.7 Å². The van der Waals surface area contributed by atoms with Gasteiger partial charge >= 0.3 is 5.69 Å². The van der Waals surface area contributed by atoms with Gasteiger partial charge in [-0.05, 0) is 23.6 Å². The molecule has 30 heavy (non-hydrogen) atoms. The van der Waals surface area contributed by atoms with E-state index in [1.54, 1.807) is 0 Å². The normalized spacial score (nSPS) is 11.9. The molecular formula is C23H28N4O3. The SMILES string of the molecule is C=CCn1c(=O)c2c(ncn2CC(=O)C(C)(C)C)n(-c2ccc(C(C)C)cc2)c1=O. The summed E-state index contributed by atoms with van der Waals surface area (Å²) in [7, 11) is 0. The minimum absolute atomic E-state index is 0.00776. The van der Waals surface area contributed by atoms with E-state index in [0.29, 0.717) is 11.6 Å². The van der Waals surface area contributed by atoms with Crippen LogP contribution in [0.4, 0.5) is 0 Å². The van der Waals surface area contributed by atoms with Crippen LogP contribution in [0.5, 0.6) is 0 Å². The fourth-order valence-electron chi connectivity index (χ4n) is 3.22. The predicted octanol–water partition coefficient (Wildman–Crippen LogP) is 3.27. The Bertz CT molecular complexity index is 1220. The second-order valence-electron chi connectivity index (χ2n) is 8.79. The zero-order chi connectivity index (χ0) is 22.2. The van der Waals surface area contributed by atoms with Crippen molar-refractivity contribution in [2.45, 2.75) is 53.6 Å². The summed E-state index contributed by atoms with van der Waals surface area (Å²) >= 11 is 0. The first kappa shape index (κ1) is 21.5. The lowest BCUT2D eigenvalue weighted by molar-refractivity contribution is -0.126. The first-order valence-corrected chi connectivity index (χ1v) is 10.0. The maximum Gasteiger partial charge on any atom is 0.337 e. The molecule has 0 spiro atoms. The Labute approximate surface area is 175 Å². The van der Waals surface area contributed by atoms with Crippen LogP contribution in [-0.2, 0) is 17.9 Å². The minimum Gasteiger partial charge on any atom is -0.317 e. The number of hydrogen-bond donors (Lipinski definition) is 0. The smallest absolute Gasteiger partial charge is 0.317 e. The van der Waals surface area contributed by atoms with Crippen molar-refractivity contribution in [3.05, 3.63) is 69.6 Å². The maximum absolute atomic E-state index is 13.2. The number of nitrogens with zero attached hydrogens (tertiary/aromatic N) is 4. The number of fused-ring (bicyclic) bond motifs is 1. The average molecular weight is 409 g/mol. The van der Waals surface area contributed by atoms with Gasteiger partial charge in [0.15, 0.2) is 16.9 Å². The van der Waals surface area contributed by atoms with E-state index in [2.05, 4.69) is 25.4 Å². The topological polar surface area (TPSA) is 78.9 Å². The van der Waals surface area contributed by atoms with Crippen molar-refractivity contribution in [3.8, 4) is 5.69 Å². The number of rotatable bonds is 6. The predicted molar refractivity (Wildman–Crippen MR) is 118 cm³/mol. The summed E-state index contributed by atoms with van der Waals surface area (Å²) in [5.74, 6) is 0.323. The van der Waals surface area contributed by atoms with E-state index in [-0.39, 0.29) is 30.0 Å². The summed E-state index contributed by atoms with van der Waals surface area (Å²) in [6.45, 7) is 13.4. The Balaban J connectivity index is 2.29. The molecule has 0 saturated carbocycles. The first-order chi connectivity index (χ1) is 14.1. The van der Waals surface area contributed by atoms with Crippen molar-refractivity contribution in [2.75, 3.05) is 0 Å². The summed E-state index contributed by atoms with van der Waals surface area (Å²) in [6.07, 6.45) is 2.95. The van der Waals surface area contributed by atoms with Crippen molar-refractivity contribution in [1.29, 1.82) is 0 Å². The van der Waals surface area contributed by atoms with Gasteiger partial charge in [0.05, 0.1) is 18.6 Å². The lowest BCUT2D eigenvalue weighted by atomic mass is 9.91. The van der Waals surface area contributed by atoms with Crippen LogP contribution in [0.1, 0.15) is 46.1 Å². The van der Waals surface area contributed by atoms with Gasteiger partial charge in [-0.1, -0.05) is 52.8 Å². The molecule has 0 bridgehead atoms. The van der Waals surface area contributed by atoms with Crippen molar-refractivity contribution < 1.29 is 4.79 Å². The second kappa shape index (κ2) is 7.89. The molecule has 0 radical (unpaired) electrons. The van der Waals surface area contributed by atoms with Gasteiger partial charge in [-0.3, -0.25) is 14.2 Å². The van der Waals surface area contributed by atoms with Crippen molar-refractivity contribution >= 4 is 16.9 Å². The molecule has 2 aromatic heterocycles. The average Bonchev–Trinajstić information content (AvgIpc) is 3.08. The third-order valence-corrected chi connectivity index (χ3v) is 5.18. The van der Waals surface area contributed by atoms with Crippen LogP contribution in [0, 0.1) is 5.41 Å². The first-order valence-electron chi connectivity index (χ1n) is 10.0. The van der Waals surface area contributed by atoms with Gasteiger partial charge in [0.25, 0.3) is 5.56 Å². The molecule has 0 atom stereocenters. The fraction of sp³-hybridized carbons (Fsp3) is 0.391. The van der Waals surface area contributed by atoms with Gasteiger partial charge in [-0.25, -0.2) is 14.3 Å². The Morgan fingerprint density at radius 3 is 2.33 bits per heavy atom. The van der Waals surface area contributed by atoms with E-state index in [1.807, 2.05) is 45.0 Å². The number of carbonyl (C=O) groups is 1. The Kier molecular flexibility index (Phi) is 5.65. The van der Waals surface area contributed by atoms with Crippen LogP contribution in [-0.4, -0.2) is 24.5 Å². The molecule has 0 unspecified atom stereocenters. The van der Waals surface area contributed by atoms with Crippen LogP contribution >= 0.6 is 0 Å². The highest BCUT2D eigenvalue weighted by molar-refractivity contribution is 5.85. The molecule has 0 N–H and O–H groups in total. The van der Waals surface area contributed by atoms with Crippen LogP contribution in [0.3, 0.4) is 0 Å². The van der Waals surface area contributed by atoms with E-state index < -0.39 is 16.7 Å². The highest BCUT2D eigenvalue weighted by atomic mass is 16.2. The fourth-order valence-corrected chi connectivity index (χ4v) is 3.22. The molecular weight excluding hydrogens is 380 g/mol. The summed E-state index contributed by atoms with van der Waals surface area (Å²) in [6, 6.07) is 7.61. The molecule has 0 saturated heterocycles. The van der Waals surface area contributed by atoms with Crippen molar-refractivity contribution in [3.63, 3.8) is 0 Å². The lowest BCUT2D eigenvalue weighted by Gasteiger charge is -2.17. The summed E-state index contributed by atoms with van der Waals surface area (Å²) in [5.41, 5.74) is 0.689. The highest BCUT2D eigenvalue weighted by Crippen LogP contribution is 2.20. The summed E-state index contributed by atoms with van der Waals surface area (Å²) < 4.78 is 4.07. The Hall–Kier alpha value is -3.22. The third kappa shape index (κ3) is 3.79. The number of benzene rings is 1. The zero-order valence-corrected chi connectivity index (χ0v) is 18.2. The number of allylic oxidation sites excluding steroid dienone is 1. The lowest BCUT2D eigenvalue weighted by Crippen LogP contribution is -2.40. The summed E-state index contributed by atoms with van der Waals surface area (Å²) in [4.78, 5) is 43.2. The zero-order valence-electron chi connectivity index (χ0n) is 18.2. The Morgan fingerprint density at radius 1 is 1.17 bits per heavy atom. The van der Waals surface area contributed by atoms with E-state index >= 15 is 0 Å². The van der Waals surface area contributed by atoms with Crippen LogP contribution < -0.4 is 11.2 Å². The van der Waals surface area contributed by atoms with Crippen LogP contribution in [0.2, 0.25) is 0 Å². The van der Waals surface area contributed by atoms with E-state index in [1.165, 1.54) is 21.5 Å². The van der Waals surface area contributed by atoms with Gasteiger partial charge in [-0.15, -0.1) is 6.58 Å². The molecule has 0 fully saturated rings. The molecule has 3 aromatic rings. The van der Waals surface area contributed by atoms with Crippen LogP contribution in [0.25, 0.3) is 16.9 Å². The minimum atomic E-state index is -0.558. The van der Waals surface area contributed by atoms with Gasteiger partial charge < -0.3 is 4.57 Å². The standard InChI is InChI=1S/C23H28N4O3/c1-7-12-26-21(29)19-20(24-14-25(19)13-18(28)23(4,5)6)27(22(26)30)17-10-8-16(9-11-17)15(2)3/h7-11,14-15H,1,12-13H2,2-6H3. The second-order valence-corrected chi connectivity index (χ2v) is 8.79. The van der Waals surface area contributed by atoms with Gasteiger partial charge in [0.1, 0.15) is 0 Å². The third-order valence-electron chi connectivity index (χ3n) is 5.18. The number of ketones is 1. The molecule has 7 heteroatoms. The molecule has 1 aromatic carbocycles.